The summed E-state index contributed by atoms with van der Waals surface area (Å²) in [5, 5.41) is 0. The lowest BCUT2D eigenvalue weighted by Gasteiger charge is -2.36. The van der Waals surface area contributed by atoms with Crippen LogP contribution in [-0.2, 0) is 11.2 Å². The van der Waals surface area contributed by atoms with E-state index < -0.39 is 0 Å². The molecule has 0 bridgehead atoms. The van der Waals surface area contributed by atoms with Gasteiger partial charge in [-0.15, -0.1) is 0 Å². The summed E-state index contributed by atoms with van der Waals surface area (Å²) in [6, 6.07) is 17.6. The number of piperidine rings is 1. The molecule has 1 saturated heterocycles. The zero-order chi connectivity index (χ0) is 18.8. The molecule has 4 heteroatoms. The molecule has 2 aromatic rings. The van der Waals surface area contributed by atoms with Crippen LogP contribution in [0.5, 0.6) is 0 Å². The van der Waals surface area contributed by atoms with Gasteiger partial charge in [0, 0.05) is 23.7 Å². The largest absolute Gasteiger partial charge is 0.310 e. The Bertz CT molecular complexity index is 825. The first-order chi connectivity index (χ1) is 13.1. The van der Waals surface area contributed by atoms with Crippen LogP contribution >= 0.6 is 0 Å². The Morgan fingerprint density at radius 1 is 0.926 bits per heavy atom. The number of para-hydroxylation sites is 1. The third-order valence-corrected chi connectivity index (χ3v) is 6.02. The van der Waals surface area contributed by atoms with Gasteiger partial charge in [-0.2, -0.15) is 0 Å². The maximum absolute atomic E-state index is 13.1. The molecule has 1 unspecified atom stereocenters. The quantitative estimate of drug-likeness (QED) is 0.781. The van der Waals surface area contributed by atoms with E-state index in [1.807, 2.05) is 60.4 Å². The Kier molecular flexibility index (Phi) is 5.08. The van der Waals surface area contributed by atoms with Crippen molar-refractivity contribution in [3.05, 3.63) is 65.7 Å². The number of rotatable bonds is 4. The van der Waals surface area contributed by atoms with Gasteiger partial charge in [0.25, 0.3) is 0 Å². The predicted molar refractivity (Wildman–Crippen MR) is 107 cm³/mol. The fourth-order valence-corrected chi connectivity index (χ4v) is 4.34. The number of ketones is 1. The van der Waals surface area contributed by atoms with Crippen LogP contribution in [0.3, 0.4) is 0 Å². The van der Waals surface area contributed by atoms with E-state index in [9.17, 15) is 9.59 Å². The number of anilines is 1. The second kappa shape index (κ2) is 7.65. The summed E-state index contributed by atoms with van der Waals surface area (Å²) in [6.45, 7) is 4.37. The molecule has 4 rings (SSSR count). The zero-order valence-corrected chi connectivity index (χ0v) is 15.8. The lowest BCUT2D eigenvalue weighted by molar-refractivity contribution is -0.123. The van der Waals surface area contributed by atoms with Crippen molar-refractivity contribution in [2.75, 3.05) is 24.5 Å². The third-order valence-electron chi connectivity index (χ3n) is 6.02. The number of hydrogen-bond donors (Lipinski definition) is 0. The molecule has 140 valence electrons. The van der Waals surface area contributed by atoms with Crippen molar-refractivity contribution in [3.8, 4) is 0 Å². The zero-order valence-electron chi connectivity index (χ0n) is 15.8. The van der Waals surface area contributed by atoms with Crippen LogP contribution in [0, 0.1) is 5.92 Å². The summed E-state index contributed by atoms with van der Waals surface area (Å²) in [6.07, 6.45) is 2.58. The number of fused-ring (bicyclic) bond motifs is 1. The van der Waals surface area contributed by atoms with E-state index in [1.165, 1.54) is 5.56 Å². The van der Waals surface area contributed by atoms with Crippen molar-refractivity contribution >= 4 is 17.4 Å². The summed E-state index contributed by atoms with van der Waals surface area (Å²) in [5.74, 6) is 0.481. The normalized spacial score (nSPS) is 18.9. The van der Waals surface area contributed by atoms with Gasteiger partial charge in [-0.05, 0) is 50.9 Å². The number of carbonyl (C=O) groups is 2. The minimum absolute atomic E-state index is 0.0680. The first kappa shape index (κ1) is 17.9. The molecule has 2 heterocycles. The van der Waals surface area contributed by atoms with Gasteiger partial charge in [-0.1, -0.05) is 48.5 Å². The molecule has 27 heavy (non-hydrogen) atoms. The SMILES string of the molecule is CC(C(=O)N1CCc2ccccc21)N1CCC(C(=O)c2ccccc2)CC1. The molecule has 2 aliphatic heterocycles. The van der Waals surface area contributed by atoms with E-state index in [0.717, 1.165) is 50.1 Å². The topological polar surface area (TPSA) is 40.6 Å². The summed E-state index contributed by atoms with van der Waals surface area (Å²) in [4.78, 5) is 29.9. The summed E-state index contributed by atoms with van der Waals surface area (Å²) < 4.78 is 0. The minimum Gasteiger partial charge on any atom is -0.310 e. The molecular weight excluding hydrogens is 336 g/mol. The first-order valence-corrected chi connectivity index (χ1v) is 9.88. The van der Waals surface area contributed by atoms with E-state index >= 15 is 0 Å². The molecular formula is C23H26N2O2. The van der Waals surface area contributed by atoms with Gasteiger partial charge in [0.2, 0.25) is 5.91 Å². The smallest absolute Gasteiger partial charge is 0.244 e. The third kappa shape index (κ3) is 3.54. The molecule has 1 amide bonds. The van der Waals surface area contributed by atoms with E-state index in [4.69, 9.17) is 0 Å². The second-order valence-corrected chi connectivity index (χ2v) is 7.59. The Hall–Kier alpha value is -2.46. The Labute approximate surface area is 160 Å². The molecule has 2 aromatic carbocycles. The molecule has 0 aliphatic carbocycles. The number of likely N-dealkylation sites (tertiary alicyclic amines) is 1. The standard InChI is InChI=1S/C23H26N2O2/c1-17(23(27)25-16-13-18-7-5-6-10-21(18)25)24-14-11-20(12-15-24)22(26)19-8-3-2-4-9-19/h2-10,17,20H,11-16H2,1H3. The highest BCUT2D eigenvalue weighted by Crippen LogP contribution is 2.29. The molecule has 0 spiro atoms. The fraction of sp³-hybridized carbons (Fsp3) is 0.391. The first-order valence-electron chi connectivity index (χ1n) is 9.88. The average molecular weight is 362 g/mol. The maximum Gasteiger partial charge on any atom is 0.244 e. The van der Waals surface area contributed by atoms with Gasteiger partial charge in [0.05, 0.1) is 6.04 Å². The number of carbonyl (C=O) groups excluding carboxylic acids is 2. The molecule has 0 saturated carbocycles. The Balaban J connectivity index is 1.37. The van der Waals surface area contributed by atoms with Crippen LogP contribution in [0.25, 0.3) is 0 Å². The van der Waals surface area contributed by atoms with Crippen molar-refractivity contribution < 1.29 is 9.59 Å². The summed E-state index contributed by atoms with van der Waals surface area (Å²) in [7, 11) is 0. The maximum atomic E-state index is 13.1. The second-order valence-electron chi connectivity index (χ2n) is 7.59. The lowest BCUT2D eigenvalue weighted by Crippen LogP contribution is -2.50. The van der Waals surface area contributed by atoms with Gasteiger partial charge < -0.3 is 4.90 Å². The highest BCUT2D eigenvalue weighted by molar-refractivity contribution is 5.99. The van der Waals surface area contributed by atoms with Crippen molar-refractivity contribution in [2.45, 2.75) is 32.2 Å². The van der Waals surface area contributed by atoms with Gasteiger partial charge in [0.1, 0.15) is 0 Å². The molecule has 1 atom stereocenters. The summed E-state index contributed by atoms with van der Waals surface area (Å²) >= 11 is 0. The Morgan fingerprint density at radius 2 is 1.59 bits per heavy atom. The number of nitrogens with zero attached hydrogens (tertiary/aromatic N) is 2. The van der Waals surface area contributed by atoms with Crippen LogP contribution in [0.1, 0.15) is 35.7 Å². The average Bonchev–Trinajstić information content (AvgIpc) is 3.17. The number of benzene rings is 2. The monoisotopic (exact) mass is 362 g/mol. The van der Waals surface area contributed by atoms with Crippen molar-refractivity contribution in [1.82, 2.24) is 4.90 Å². The minimum atomic E-state index is -0.149. The fourth-order valence-electron chi connectivity index (χ4n) is 4.34. The Morgan fingerprint density at radius 3 is 2.33 bits per heavy atom. The highest BCUT2D eigenvalue weighted by Gasteiger charge is 2.34. The van der Waals surface area contributed by atoms with Crippen LogP contribution in [0.15, 0.2) is 54.6 Å². The molecule has 0 N–H and O–H groups in total. The van der Waals surface area contributed by atoms with Crippen molar-refractivity contribution in [3.63, 3.8) is 0 Å². The van der Waals surface area contributed by atoms with Gasteiger partial charge >= 0.3 is 0 Å². The lowest BCUT2D eigenvalue weighted by atomic mass is 9.88. The number of hydrogen-bond acceptors (Lipinski definition) is 3. The van der Waals surface area contributed by atoms with E-state index in [1.54, 1.807) is 0 Å². The number of amides is 1. The van der Waals surface area contributed by atoms with Gasteiger partial charge in [-0.3, -0.25) is 14.5 Å². The molecule has 0 radical (unpaired) electrons. The van der Waals surface area contributed by atoms with Crippen LogP contribution in [-0.4, -0.2) is 42.3 Å². The van der Waals surface area contributed by atoms with Crippen molar-refractivity contribution in [2.24, 2.45) is 5.92 Å². The van der Waals surface area contributed by atoms with Crippen LogP contribution in [0.4, 0.5) is 5.69 Å². The van der Waals surface area contributed by atoms with Crippen molar-refractivity contribution in [1.29, 1.82) is 0 Å². The van der Waals surface area contributed by atoms with Crippen LogP contribution < -0.4 is 4.90 Å². The van der Waals surface area contributed by atoms with Crippen LogP contribution in [0.2, 0.25) is 0 Å². The van der Waals surface area contributed by atoms with Gasteiger partial charge in [-0.25, -0.2) is 0 Å². The highest BCUT2D eigenvalue weighted by atomic mass is 16.2. The van der Waals surface area contributed by atoms with E-state index in [2.05, 4.69) is 11.0 Å². The molecule has 4 nitrogen and oxygen atoms in total. The van der Waals surface area contributed by atoms with E-state index in [0.29, 0.717) is 0 Å². The van der Waals surface area contributed by atoms with E-state index in [-0.39, 0.29) is 23.7 Å². The predicted octanol–water partition coefficient (Wildman–Crippen LogP) is 3.56. The molecule has 2 aliphatic rings. The number of Topliss-reactive ketones (excluding diaryl/α,β-unsaturated/α-hetero) is 1. The molecule has 0 aromatic heterocycles. The molecule has 1 fully saturated rings. The van der Waals surface area contributed by atoms with Gasteiger partial charge in [0.15, 0.2) is 5.78 Å². The summed E-state index contributed by atoms with van der Waals surface area (Å²) in [5.41, 5.74) is 3.11.